The average Bonchev–Trinajstić information content (AvgIpc) is 2.52. The van der Waals surface area contributed by atoms with Crippen LogP contribution in [0.3, 0.4) is 0 Å². The van der Waals surface area contributed by atoms with Gasteiger partial charge in [0.05, 0.1) is 6.04 Å². The standard InChI is InChI=1S/C13H16N2O2/c1-8(16)13-12(14-9(2)17)10-6-4-5-7-11(10)15(13)3/h4-7,12-13H,1-3H3,(H,14,17). The molecule has 0 fully saturated rings. The smallest absolute Gasteiger partial charge is 0.217 e. The molecule has 2 unspecified atom stereocenters. The van der Waals surface area contributed by atoms with Gasteiger partial charge in [-0.15, -0.1) is 0 Å². The van der Waals surface area contributed by atoms with Gasteiger partial charge in [-0.2, -0.15) is 0 Å². The Bertz CT molecular complexity index is 470. The molecule has 1 aliphatic heterocycles. The van der Waals surface area contributed by atoms with E-state index < -0.39 is 0 Å². The molecule has 4 nitrogen and oxygen atoms in total. The molecule has 1 aliphatic rings. The van der Waals surface area contributed by atoms with Crippen molar-refractivity contribution in [2.75, 3.05) is 11.9 Å². The molecule has 17 heavy (non-hydrogen) atoms. The Morgan fingerprint density at radius 3 is 2.47 bits per heavy atom. The number of hydrogen-bond acceptors (Lipinski definition) is 3. The minimum Gasteiger partial charge on any atom is -0.362 e. The summed E-state index contributed by atoms with van der Waals surface area (Å²) in [5.41, 5.74) is 2.01. The summed E-state index contributed by atoms with van der Waals surface area (Å²) in [5.74, 6) is -0.0613. The summed E-state index contributed by atoms with van der Waals surface area (Å²) >= 11 is 0. The van der Waals surface area contributed by atoms with Gasteiger partial charge in [-0.25, -0.2) is 0 Å². The topological polar surface area (TPSA) is 49.4 Å². The highest BCUT2D eigenvalue weighted by atomic mass is 16.1. The van der Waals surface area contributed by atoms with Gasteiger partial charge in [0.2, 0.25) is 5.91 Å². The molecule has 1 N–H and O–H groups in total. The van der Waals surface area contributed by atoms with E-state index in [0.717, 1.165) is 11.3 Å². The summed E-state index contributed by atoms with van der Waals surface area (Å²) in [6, 6.07) is 7.22. The largest absolute Gasteiger partial charge is 0.362 e. The zero-order valence-electron chi connectivity index (χ0n) is 10.2. The van der Waals surface area contributed by atoms with Crippen LogP contribution in [0, 0.1) is 0 Å². The van der Waals surface area contributed by atoms with Gasteiger partial charge < -0.3 is 10.2 Å². The van der Waals surface area contributed by atoms with Crippen molar-refractivity contribution in [3.05, 3.63) is 29.8 Å². The fraction of sp³-hybridized carbons (Fsp3) is 0.385. The number of rotatable bonds is 2. The van der Waals surface area contributed by atoms with Crippen LogP contribution in [0.25, 0.3) is 0 Å². The van der Waals surface area contributed by atoms with E-state index >= 15 is 0 Å². The fourth-order valence-electron chi connectivity index (χ4n) is 2.50. The van der Waals surface area contributed by atoms with E-state index in [1.807, 2.05) is 36.2 Å². The molecular weight excluding hydrogens is 216 g/mol. The Kier molecular flexibility index (Phi) is 2.88. The zero-order valence-corrected chi connectivity index (χ0v) is 10.2. The van der Waals surface area contributed by atoms with Crippen LogP contribution in [0.4, 0.5) is 5.69 Å². The second-order valence-electron chi connectivity index (χ2n) is 4.40. The number of fused-ring (bicyclic) bond motifs is 1. The third-order valence-electron chi connectivity index (χ3n) is 3.16. The van der Waals surface area contributed by atoms with E-state index in [9.17, 15) is 9.59 Å². The van der Waals surface area contributed by atoms with Gasteiger partial charge in [-0.1, -0.05) is 18.2 Å². The molecule has 0 aromatic heterocycles. The van der Waals surface area contributed by atoms with Crippen molar-refractivity contribution in [3.8, 4) is 0 Å². The number of anilines is 1. The number of Topliss-reactive ketones (excluding diaryl/α,β-unsaturated/α-hetero) is 1. The van der Waals surface area contributed by atoms with E-state index in [0.29, 0.717) is 0 Å². The van der Waals surface area contributed by atoms with Gasteiger partial charge in [0.15, 0.2) is 5.78 Å². The Labute approximate surface area is 101 Å². The van der Waals surface area contributed by atoms with Crippen LogP contribution < -0.4 is 10.2 Å². The molecule has 1 amide bonds. The number of nitrogens with zero attached hydrogens (tertiary/aromatic N) is 1. The number of nitrogens with one attached hydrogen (secondary N) is 1. The van der Waals surface area contributed by atoms with Crippen molar-refractivity contribution in [2.45, 2.75) is 25.9 Å². The first-order chi connectivity index (χ1) is 8.02. The molecule has 0 radical (unpaired) electrons. The third kappa shape index (κ3) is 1.90. The number of amides is 1. The fourth-order valence-corrected chi connectivity index (χ4v) is 2.50. The molecule has 0 spiro atoms. The van der Waals surface area contributed by atoms with Gasteiger partial charge in [-0.05, 0) is 13.0 Å². The van der Waals surface area contributed by atoms with Crippen LogP contribution in [0.2, 0.25) is 0 Å². The van der Waals surface area contributed by atoms with Crippen molar-refractivity contribution in [1.82, 2.24) is 5.32 Å². The van der Waals surface area contributed by atoms with Crippen LogP contribution >= 0.6 is 0 Å². The lowest BCUT2D eigenvalue weighted by Gasteiger charge is -2.24. The molecule has 0 saturated heterocycles. The highest BCUT2D eigenvalue weighted by Gasteiger charge is 2.39. The Balaban J connectivity index is 2.45. The number of hydrogen-bond donors (Lipinski definition) is 1. The van der Waals surface area contributed by atoms with Crippen LogP contribution in [-0.4, -0.2) is 24.8 Å². The monoisotopic (exact) mass is 232 g/mol. The number of para-hydroxylation sites is 1. The number of carbonyl (C=O) groups excluding carboxylic acids is 2. The van der Waals surface area contributed by atoms with E-state index in [2.05, 4.69) is 5.32 Å². The molecule has 1 aromatic rings. The highest BCUT2D eigenvalue weighted by Crippen LogP contribution is 2.38. The molecule has 0 bridgehead atoms. The Hall–Kier alpha value is -1.84. The first-order valence-electron chi connectivity index (χ1n) is 5.61. The molecule has 0 aliphatic carbocycles. The Morgan fingerprint density at radius 2 is 1.88 bits per heavy atom. The second kappa shape index (κ2) is 4.20. The summed E-state index contributed by atoms with van der Waals surface area (Å²) in [6.45, 7) is 3.03. The van der Waals surface area contributed by atoms with E-state index in [4.69, 9.17) is 0 Å². The third-order valence-corrected chi connectivity index (χ3v) is 3.16. The number of ketones is 1. The maximum absolute atomic E-state index is 11.7. The normalized spacial score (nSPS) is 22.2. The second-order valence-corrected chi connectivity index (χ2v) is 4.40. The van der Waals surface area contributed by atoms with E-state index in [-0.39, 0.29) is 23.8 Å². The van der Waals surface area contributed by atoms with Crippen LogP contribution in [0.15, 0.2) is 24.3 Å². The highest BCUT2D eigenvalue weighted by molar-refractivity contribution is 5.90. The van der Waals surface area contributed by atoms with Crippen LogP contribution in [0.1, 0.15) is 25.5 Å². The SMILES string of the molecule is CC(=O)NC1c2ccccc2N(C)C1C(C)=O. The van der Waals surface area contributed by atoms with Gasteiger partial charge >= 0.3 is 0 Å². The molecule has 2 rings (SSSR count). The van der Waals surface area contributed by atoms with Crippen molar-refractivity contribution in [2.24, 2.45) is 0 Å². The maximum Gasteiger partial charge on any atom is 0.217 e. The number of benzene rings is 1. The Morgan fingerprint density at radius 1 is 1.24 bits per heavy atom. The lowest BCUT2D eigenvalue weighted by Crippen LogP contribution is -2.43. The predicted octanol–water partition coefficient (Wildman–Crippen LogP) is 1.27. The number of carbonyl (C=O) groups is 2. The first kappa shape index (κ1) is 11.6. The minimum absolute atomic E-state index is 0.0578. The summed E-state index contributed by atoms with van der Waals surface area (Å²) in [7, 11) is 1.88. The van der Waals surface area contributed by atoms with Gasteiger partial charge in [-0.3, -0.25) is 9.59 Å². The molecule has 1 aromatic carbocycles. The van der Waals surface area contributed by atoms with Crippen LogP contribution in [0.5, 0.6) is 0 Å². The molecule has 0 saturated carbocycles. The summed E-state index contributed by atoms with van der Waals surface area (Å²) in [5, 5.41) is 2.86. The van der Waals surface area contributed by atoms with Crippen LogP contribution in [-0.2, 0) is 9.59 Å². The predicted molar refractivity (Wildman–Crippen MR) is 65.9 cm³/mol. The van der Waals surface area contributed by atoms with Crippen molar-refractivity contribution in [1.29, 1.82) is 0 Å². The molecule has 2 atom stereocenters. The molecule has 1 heterocycles. The van der Waals surface area contributed by atoms with E-state index in [1.165, 1.54) is 6.92 Å². The van der Waals surface area contributed by atoms with Gasteiger partial charge in [0.1, 0.15) is 6.04 Å². The van der Waals surface area contributed by atoms with Crippen molar-refractivity contribution >= 4 is 17.4 Å². The van der Waals surface area contributed by atoms with Crippen molar-refractivity contribution < 1.29 is 9.59 Å². The first-order valence-corrected chi connectivity index (χ1v) is 5.61. The lowest BCUT2D eigenvalue weighted by molar-refractivity contribution is -0.121. The molecule has 90 valence electrons. The van der Waals surface area contributed by atoms with Crippen molar-refractivity contribution in [3.63, 3.8) is 0 Å². The molecule has 4 heteroatoms. The quantitative estimate of drug-likeness (QED) is 0.835. The summed E-state index contributed by atoms with van der Waals surface area (Å²) in [6.07, 6.45) is 0. The minimum atomic E-state index is -0.309. The van der Waals surface area contributed by atoms with Gasteiger partial charge in [0, 0.05) is 25.2 Å². The number of likely N-dealkylation sites (N-methyl/N-ethyl adjacent to an activating group) is 1. The zero-order chi connectivity index (χ0) is 12.6. The summed E-state index contributed by atoms with van der Waals surface area (Å²) in [4.78, 5) is 24.9. The maximum atomic E-state index is 11.7. The lowest BCUT2D eigenvalue weighted by atomic mass is 10.0. The summed E-state index contributed by atoms with van der Waals surface area (Å²) < 4.78 is 0. The van der Waals surface area contributed by atoms with Gasteiger partial charge in [0.25, 0.3) is 0 Å². The average molecular weight is 232 g/mol. The van der Waals surface area contributed by atoms with E-state index in [1.54, 1.807) is 6.92 Å². The molecular formula is C13H16N2O2.